The van der Waals surface area contributed by atoms with Gasteiger partial charge in [-0.05, 0) is 6.07 Å². The molecule has 7 heteroatoms. The van der Waals surface area contributed by atoms with E-state index in [0.717, 1.165) is 0 Å². The largest absolute Gasteiger partial charge is 1.00 e. The van der Waals surface area contributed by atoms with Gasteiger partial charge >= 0.3 is 5.69 Å². The van der Waals surface area contributed by atoms with Gasteiger partial charge < -0.3 is 21.7 Å². The van der Waals surface area contributed by atoms with Gasteiger partial charge in [0.1, 0.15) is 25.5 Å². The zero-order valence-corrected chi connectivity index (χ0v) is 12.0. The van der Waals surface area contributed by atoms with Crippen LogP contribution in [0.5, 0.6) is 5.75 Å². The minimum Gasteiger partial charge on any atom is -1.00 e. The fourth-order valence-electron chi connectivity index (χ4n) is 1.63. The predicted octanol–water partition coefficient (Wildman–Crippen LogP) is -1.70. The molecule has 0 aliphatic rings. The summed E-state index contributed by atoms with van der Waals surface area (Å²) in [5.41, 5.74) is -0.00411. The maximum Gasteiger partial charge on any atom is 0.310 e. The molecule has 0 radical (unpaired) electrons. The Morgan fingerprint density at radius 3 is 2.79 bits per heavy atom. The minimum atomic E-state index is -0.439. The van der Waals surface area contributed by atoms with Crippen LogP contribution in [-0.4, -0.2) is 16.1 Å². The zero-order valence-electron chi connectivity index (χ0n) is 10.4. The van der Waals surface area contributed by atoms with Crippen molar-refractivity contribution in [1.29, 1.82) is 0 Å². The lowest BCUT2D eigenvalue weighted by Gasteiger charge is -2.04. The molecule has 0 fully saturated rings. The molecule has 102 valence electrons. The van der Waals surface area contributed by atoms with Crippen LogP contribution in [0.25, 0.3) is 0 Å². The van der Waals surface area contributed by atoms with Crippen LogP contribution in [-0.2, 0) is 13.6 Å². The molecule has 2 aromatic rings. The Bertz CT molecular complexity index is 557. The molecular formula is C12H14BrN3O3. The highest BCUT2D eigenvalue weighted by Crippen LogP contribution is 2.25. The number of para-hydroxylation sites is 2. The summed E-state index contributed by atoms with van der Waals surface area (Å²) in [7, 11) is 1.93. The van der Waals surface area contributed by atoms with Gasteiger partial charge in [-0.2, -0.15) is 0 Å². The van der Waals surface area contributed by atoms with Gasteiger partial charge in [0.15, 0.2) is 5.75 Å². The number of aryl methyl sites for hydroxylation is 1. The van der Waals surface area contributed by atoms with Crippen LogP contribution in [0.2, 0.25) is 0 Å². The van der Waals surface area contributed by atoms with Gasteiger partial charge in [-0.1, -0.05) is 12.1 Å². The third-order valence-electron chi connectivity index (χ3n) is 2.49. The molecule has 2 rings (SSSR count). The molecule has 0 unspecified atom stereocenters. The summed E-state index contributed by atoms with van der Waals surface area (Å²) in [5, 5.41) is 10.8. The first-order chi connectivity index (χ1) is 8.66. The first-order valence-corrected chi connectivity index (χ1v) is 5.54. The summed E-state index contributed by atoms with van der Waals surface area (Å²) < 4.78 is 9.31. The summed E-state index contributed by atoms with van der Waals surface area (Å²) >= 11 is 0. The van der Waals surface area contributed by atoms with E-state index >= 15 is 0 Å². The molecule has 0 saturated heterocycles. The fraction of sp³-hybridized carbons (Fsp3) is 0.250. The van der Waals surface area contributed by atoms with E-state index in [2.05, 4.69) is 0 Å². The standard InChI is InChI=1S/C12H14N3O3.BrH/c1-13-6-7-14(10-13)8-9-18-12-5-3-2-4-11(12)15(16)17;/h2-7,10H,8-9H2,1H3;1H/q+1;/p-1. The lowest BCUT2D eigenvalue weighted by atomic mass is 10.3. The number of nitro groups is 1. The number of halogens is 1. The lowest BCUT2D eigenvalue weighted by molar-refractivity contribution is -0.671. The van der Waals surface area contributed by atoms with Crippen molar-refractivity contribution in [2.24, 2.45) is 7.05 Å². The fourth-order valence-corrected chi connectivity index (χ4v) is 1.63. The molecule has 0 atom stereocenters. The second-order valence-electron chi connectivity index (χ2n) is 3.89. The quantitative estimate of drug-likeness (QED) is 0.374. The van der Waals surface area contributed by atoms with E-state index in [0.29, 0.717) is 18.9 Å². The Kier molecular flexibility index (Phi) is 5.50. The van der Waals surface area contributed by atoms with Gasteiger partial charge in [-0.15, -0.1) is 0 Å². The third kappa shape index (κ3) is 4.06. The summed E-state index contributed by atoms with van der Waals surface area (Å²) in [6, 6.07) is 6.38. The molecule has 0 spiro atoms. The molecular weight excluding hydrogens is 314 g/mol. The first-order valence-electron chi connectivity index (χ1n) is 5.54. The lowest BCUT2D eigenvalue weighted by Crippen LogP contribution is -3.00. The SMILES string of the molecule is C[n+]1ccn(CCOc2ccccc2[N+](=O)[O-])c1.[Br-]. The van der Waals surface area contributed by atoms with Crippen molar-refractivity contribution in [2.75, 3.05) is 6.61 Å². The normalized spacial score (nSPS) is 9.74. The number of hydrogen-bond donors (Lipinski definition) is 0. The smallest absolute Gasteiger partial charge is 0.310 e. The first kappa shape index (κ1) is 15.2. The van der Waals surface area contributed by atoms with E-state index in [4.69, 9.17) is 4.74 Å². The van der Waals surface area contributed by atoms with Gasteiger partial charge in [0, 0.05) is 6.07 Å². The van der Waals surface area contributed by atoms with Gasteiger partial charge in [0.05, 0.1) is 12.0 Å². The van der Waals surface area contributed by atoms with Gasteiger partial charge in [0.2, 0.25) is 6.33 Å². The zero-order chi connectivity index (χ0) is 13.0. The van der Waals surface area contributed by atoms with Crippen molar-refractivity contribution in [2.45, 2.75) is 6.54 Å². The molecule has 0 aliphatic carbocycles. The minimum absolute atomic E-state index is 0. The Balaban J connectivity index is 0.00000180. The van der Waals surface area contributed by atoms with E-state index in [1.165, 1.54) is 6.07 Å². The molecule has 1 aromatic heterocycles. The molecule has 1 aromatic carbocycles. The summed E-state index contributed by atoms with van der Waals surface area (Å²) in [6.07, 6.45) is 5.76. The molecule has 0 amide bonds. The maximum absolute atomic E-state index is 10.8. The van der Waals surface area contributed by atoms with Crippen LogP contribution in [0.3, 0.4) is 0 Å². The van der Waals surface area contributed by atoms with Crippen molar-refractivity contribution in [1.82, 2.24) is 4.57 Å². The van der Waals surface area contributed by atoms with Crippen LogP contribution in [0.1, 0.15) is 0 Å². The Labute approximate surface area is 121 Å². The van der Waals surface area contributed by atoms with Crippen LogP contribution in [0.15, 0.2) is 43.0 Å². The summed E-state index contributed by atoms with van der Waals surface area (Å²) in [5.74, 6) is 0.305. The number of nitrogens with zero attached hydrogens (tertiary/aromatic N) is 3. The van der Waals surface area contributed by atoms with E-state index in [1.54, 1.807) is 18.2 Å². The van der Waals surface area contributed by atoms with Gasteiger partial charge in [-0.25, -0.2) is 9.13 Å². The number of nitro benzene ring substituents is 1. The Morgan fingerprint density at radius 2 is 2.16 bits per heavy atom. The molecule has 6 nitrogen and oxygen atoms in total. The Hall–Kier alpha value is -1.89. The summed E-state index contributed by atoms with van der Waals surface area (Å²) in [4.78, 5) is 10.3. The molecule has 1 heterocycles. The van der Waals surface area contributed by atoms with E-state index in [1.807, 2.05) is 34.9 Å². The van der Waals surface area contributed by atoms with Gasteiger partial charge in [-0.3, -0.25) is 10.1 Å². The Morgan fingerprint density at radius 1 is 1.42 bits per heavy atom. The second-order valence-corrected chi connectivity index (χ2v) is 3.89. The van der Waals surface area contributed by atoms with Crippen molar-refractivity contribution in [3.05, 3.63) is 53.1 Å². The highest BCUT2D eigenvalue weighted by atomic mass is 79.9. The highest BCUT2D eigenvalue weighted by Gasteiger charge is 2.13. The average Bonchev–Trinajstić information content (AvgIpc) is 2.75. The number of benzene rings is 1. The second kappa shape index (κ2) is 6.89. The molecule has 0 aliphatic heterocycles. The van der Waals surface area contributed by atoms with E-state index in [9.17, 15) is 10.1 Å². The van der Waals surface area contributed by atoms with Crippen molar-refractivity contribution in [3.63, 3.8) is 0 Å². The number of aromatic nitrogens is 2. The van der Waals surface area contributed by atoms with Crippen LogP contribution in [0.4, 0.5) is 5.69 Å². The average molecular weight is 328 g/mol. The van der Waals surface area contributed by atoms with Crippen LogP contribution >= 0.6 is 0 Å². The van der Waals surface area contributed by atoms with Crippen molar-refractivity contribution in [3.8, 4) is 5.75 Å². The van der Waals surface area contributed by atoms with Crippen molar-refractivity contribution < 1.29 is 31.2 Å². The monoisotopic (exact) mass is 327 g/mol. The third-order valence-corrected chi connectivity index (χ3v) is 2.49. The summed E-state index contributed by atoms with van der Waals surface area (Å²) in [6.45, 7) is 1.03. The van der Waals surface area contributed by atoms with Crippen LogP contribution in [0, 0.1) is 10.1 Å². The highest BCUT2D eigenvalue weighted by molar-refractivity contribution is 5.45. The number of imidazole rings is 1. The van der Waals surface area contributed by atoms with Gasteiger partial charge in [0.25, 0.3) is 0 Å². The topological polar surface area (TPSA) is 61.2 Å². The number of hydrogen-bond acceptors (Lipinski definition) is 3. The van der Waals surface area contributed by atoms with Crippen molar-refractivity contribution >= 4 is 5.69 Å². The predicted molar refractivity (Wildman–Crippen MR) is 64.2 cm³/mol. The molecule has 0 saturated carbocycles. The molecule has 0 N–H and O–H groups in total. The molecule has 19 heavy (non-hydrogen) atoms. The van der Waals surface area contributed by atoms with E-state index in [-0.39, 0.29) is 22.7 Å². The molecule has 0 bridgehead atoms. The maximum atomic E-state index is 10.8. The van der Waals surface area contributed by atoms with Crippen LogP contribution < -0.4 is 26.3 Å². The number of ether oxygens (including phenoxy) is 1. The van der Waals surface area contributed by atoms with E-state index < -0.39 is 4.92 Å². The number of rotatable bonds is 5.